The summed E-state index contributed by atoms with van der Waals surface area (Å²) < 4.78 is 44.4. The molecule has 3 rings (SSSR count). The number of aliphatic hydroxyl groups excluding tert-OH is 1. The van der Waals surface area contributed by atoms with Crippen LogP contribution in [0, 0.1) is 11.3 Å². The van der Waals surface area contributed by atoms with E-state index in [1.54, 1.807) is 55.5 Å². The molecule has 1 aliphatic rings. The van der Waals surface area contributed by atoms with E-state index in [1.807, 2.05) is 6.07 Å². The van der Waals surface area contributed by atoms with E-state index < -0.39 is 23.9 Å². The first-order valence-electron chi connectivity index (χ1n) is 10.2. The zero-order valence-electron chi connectivity index (χ0n) is 18.3. The number of carbonyl (C=O) groups excluding carboxylic acids is 1. The molecule has 2 aromatic carbocycles. The number of alkyl halides is 3. The fourth-order valence-electron chi connectivity index (χ4n) is 3.49. The van der Waals surface area contributed by atoms with E-state index in [0.717, 1.165) is 6.08 Å². The normalized spacial score (nSPS) is 16.1. The molecular weight excluding hydrogens is 447 g/mol. The number of rotatable bonds is 7. The summed E-state index contributed by atoms with van der Waals surface area (Å²) in [6, 6.07) is 15.3. The van der Waals surface area contributed by atoms with E-state index in [2.05, 4.69) is 17.0 Å². The summed E-state index contributed by atoms with van der Waals surface area (Å²) in [6.45, 7) is 4.27. The summed E-state index contributed by atoms with van der Waals surface area (Å²) in [6.07, 6.45) is -3.92. The summed E-state index contributed by atoms with van der Waals surface area (Å²) in [5.41, 5.74) is 0.651. The topological polar surface area (TPSA) is 94.7 Å². The van der Waals surface area contributed by atoms with Gasteiger partial charge in [0.05, 0.1) is 31.5 Å². The van der Waals surface area contributed by atoms with Crippen LogP contribution >= 0.6 is 0 Å². The highest BCUT2D eigenvalue weighted by atomic mass is 19.4. The number of ether oxygens (including phenoxy) is 1. The van der Waals surface area contributed by atoms with Crippen molar-refractivity contribution in [1.29, 1.82) is 5.26 Å². The molecular formula is C25H22F3N3O3. The summed E-state index contributed by atoms with van der Waals surface area (Å²) in [7, 11) is 0. The smallest absolute Gasteiger partial charge is 0.392 e. The minimum atomic E-state index is -4.69. The third kappa shape index (κ3) is 5.09. The van der Waals surface area contributed by atoms with Gasteiger partial charge in [-0.2, -0.15) is 18.4 Å². The second-order valence-corrected chi connectivity index (χ2v) is 7.79. The largest absolute Gasteiger partial charge is 0.433 e. The number of anilines is 1. The Labute approximate surface area is 194 Å². The van der Waals surface area contributed by atoms with Crippen molar-refractivity contribution in [2.24, 2.45) is 4.99 Å². The first kappa shape index (κ1) is 24.9. The molecule has 0 atom stereocenters. The lowest BCUT2D eigenvalue weighted by molar-refractivity contribution is -0.139. The Balaban J connectivity index is 1.87. The molecule has 2 N–H and O–H groups in total. The number of halogens is 3. The number of allylic oxidation sites excluding steroid dienone is 2. The van der Waals surface area contributed by atoms with Crippen LogP contribution < -0.4 is 5.32 Å². The number of aliphatic hydroxyl groups is 1. The van der Waals surface area contributed by atoms with E-state index in [-0.39, 0.29) is 24.7 Å². The van der Waals surface area contributed by atoms with E-state index in [1.165, 1.54) is 0 Å². The lowest BCUT2D eigenvalue weighted by Crippen LogP contribution is -2.55. The van der Waals surface area contributed by atoms with Crippen molar-refractivity contribution in [3.8, 4) is 6.07 Å². The molecule has 9 heteroatoms. The average Bonchev–Trinajstić information content (AvgIpc) is 2.79. The molecule has 0 spiro atoms. The molecule has 176 valence electrons. The number of hydrogen-bond acceptors (Lipinski definition) is 5. The molecule has 1 amide bonds. The quantitative estimate of drug-likeness (QED) is 0.465. The molecule has 0 saturated carbocycles. The van der Waals surface area contributed by atoms with Gasteiger partial charge in [-0.15, -0.1) is 0 Å². The van der Waals surface area contributed by atoms with Gasteiger partial charge < -0.3 is 15.2 Å². The molecule has 1 aliphatic heterocycles. The van der Waals surface area contributed by atoms with Gasteiger partial charge >= 0.3 is 6.18 Å². The van der Waals surface area contributed by atoms with Crippen molar-refractivity contribution in [3.63, 3.8) is 0 Å². The lowest BCUT2D eigenvalue weighted by atomic mass is 9.77. The van der Waals surface area contributed by atoms with Crippen LogP contribution in [0.2, 0.25) is 0 Å². The second kappa shape index (κ2) is 10.0. The first-order valence-corrected chi connectivity index (χ1v) is 10.2. The number of nitrogens with one attached hydrogen (secondary N) is 1. The minimum Gasteiger partial charge on any atom is -0.392 e. The summed E-state index contributed by atoms with van der Waals surface area (Å²) in [4.78, 5) is 16.1. The summed E-state index contributed by atoms with van der Waals surface area (Å²) in [5.74, 6) is -0.269. The van der Waals surface area contributed by atoms with Crippen LogP contribution in [-0.4, -0.2) is 43.7 Å². The van der Waals surface area contributed by atoms with Gasteiger partial charge in [0, 0.05) is 5.69 Å². The predicted molar refractivity (Wildman–Crippen MR) is 122 cm³/mol. The number of aliphatic imine (C=N–C) groups is 1. The number of carbonyl (C=O) groups is 1. The van der Waals surface area contributed by atoms with Crippen molar-refractivity contribution in [1.82, 2.24) is 0 Å². The van der Waals surface area contributed by atoms with E-state index in [0.29, 0.717) is 28.0 Å². The maximum absolute atomic E-state index is 13.1. The molecule has 1 heterocycles. The molecule has 0 radical (unpaired) electrons. The number of amides is 1. The SMILES string of the molecule is C=N/C(=C\C(CO)=C(/C)c1ccc(C2(C(=O)Nc3ccc(C#N)cc3)COC2)cc1)C(F)(F)F. The van der Waals surface area contributed by atoms with E-state index >= 15 is 0 Å². The molecule has 2 aromatic rings. The zero-order valence-corrected chi connectivity index (χ0v) is 18.3. The van der Waals surface area contributed by atoms with Crippen molar-refractivity contribution in [2.45, 2.75) is 18.5 Å². The van der Waals surface area contributed by atoms with Crippen molar-refractivity contribution in [3.05, 3.63) is 82.6 Å². The van der Waals surface area contributed by atoms with Gasteiger partial charge in [-0.1, -0.05) is 24.3 Å². The van der Waals surface area contributed by atoms with Gasteiger partial charge in [0.1, 0.15) is 11.1 Å². The maximum atomic E-state index is 13.1. The maximum Gasteiger partial charge on any atom is 0.433 e. The summed E-state index contributed by atoms with van der Waals surface area (Å²) in [5, 5.41) is 21.4. The fourth-order valence-corrected chi connectivity index (χ4v) is 3.49. The second-order valence-electron chi connectivity index (χ2n) is 7.79. The Morgan fingerprint density at radius 1 is 1.24 bits per heavy atom. The fraction of sp³-hybridized carbons (Fsp3) is 0.240. The van der Waals surface area contributed by atoms with Crippen LogP contribution in [0.5, 0.6) is 0 Å². The molecule has 0 aliphatic carbocycles. The Kier molecular flexibility index (Phi) is 7.35. The molecule has 0 bridgehead atoms. The predicted octanol–water partition coefficient (Wildman–Crippen LogP) is 4.38. The van der Waals surface area contributed by atoms with Gasteiger partial charge in [-0.3, -0.25) is 9.79 Å². The van der Waals surface area contributed by atoms with Crippen molar-refractivity contribution in [2.75, 3.05) is 25.1 Å². The third-order valence-corrected chi connectivity index (χ3v) is 5.70. The third-order valence-electron chi connectivity index (χ3n) is 5.70. The van der Waals surface area contributed by atoms with Crippen molar-refractivity contribution >= 4 is 23.9 Å². The molecule has 0 aromatic heterocycles. The number of nitriles is 1. The highest BCUT2D eigenvalue weighted by Gasteiger charge is 2.47. The molecule has 1 fully saturated rings. The minimum absolute atomic E-state index is 0.0488. The summed E-state index contributed by atoms with van der Waals surface area (Å²) >= 11 is 0. The number of benzene rings is 2. The Morgan fingerprint density at radius 3 is 2.29 bits per heavy atom. The van der Waals surface area contributed by atoms with Crippen LogP contribution in [0.4, 0.5) is 18.9 Å². The molecule has 1 saturated heterocycles. The molecule has 34 heavy (non-hydrogen) atoms. The van der Waals surface area contributed by atoms with Gasteiger partial charge in [-0.25, -0.2) is 0 Å². The monoisotopic (exact) mass is 469 g/mol. The zero-order chi connectivity index (χ0) is 24.9. The van der Waals surface area contributed by atoms with Gasteiger partial charge in [0.15, 0.2) is 0 Å². The Hall–Kier alpha value is -3.74. The van der Waals surface area contributed by atoms with Crippen LogP contribution in [0.15, 0.2) is 70.9 Å². The van der Waals surface area contributed by atoms with Crippen molar-refractivity contribution < 1.29 is 27.8 Å². The van der Waals surface area contributed by atoms with Crippen LogP contribution in [0.3, 0.4) is 0 Å². The standard InChI is InChI=1S/C25H22F3N3O3/c1-16(19(13-32)11-22(30-2)25(26,27)28)18-5-7-20(8-6-18)24(14-34-15-24)23(33)31-21-9-3-17(12-29)4-10-21/h3-11,32H,2,13-15H2,1H3,(H,31,33)/b19-16-,22-11-. The molecule has 0 unspecified atom stereocenters. The highest BCUT2D eigenvalue weighted by molar-refractivity contribution is 6.00. The molecule has 6 nitrogen and oxygen atoms in total. The van der Waals surface area contributed by atoms with Crippen LogP contribution in [0.1, 0.15) is 23.6 Å². The lowest BCUT2D eigenvalue weighted by Gasteiger charge is -2.40. The number of nitrogens with zero attached hydrogens (tertiary/aromatic N) is 2. The number of hydrogen-bond donors (Lipinski definition) is 2. The Bertz CT molecular complexity index is 1170. The van der Waals surface area contributed by atoms with Crippen LogP contribution in [0.25, 0.3) is 5.57 Å². The average molecular weight is 469 g/mol. The van der Waals surface area contributed by atoms with Gasteiger partial charge in [-0.05, 0) is 66.3 Å². The van der Waals surface area contributed by atoms with Crippen LogP contribution in [-0.2, 0) is 14.9 Å². The van der Waals surface area contributed by atoms with E-state index in [9.17, 15) is 23.1 Å². The van der Waals surface area contributed by atoms with Gasteiger partial charge in [0.2, 0.25) is 5.91 Å². The highest BCUT2D eigenvalue weighted by Crippen LogP contribution is 2.35. The Morgan fingerprint density at radius 2 is 1.85 bits per heavy atom. The van der Waals surface area contributed by atoms with E-state index in [4.69, 9.17) is 10.00 Å². The van der Waals surface area contributed by atoms with Gasteiger partial charge in [0.25, 0.3) is 0 Å². The first-order chi connectivity index (χ1) is 16.1.